The first kappa shape index (κ1) is 23.9. The molecule has 1 amide bonds. The molecule has 2 aromatic rings. The summed E-state index contributed by atoms with van der Waals surface area (Å²) in [4.78, 5) is 26.4. The molecule has 1 aliphatic heterocycles. The van der Waals surface area contributed by atoms with E-state index in [1.165, 1.54) is 7.11 Å². The number of rotatable bonds is 4. The lowest BCUT2D eigenvalue weighted by Gasteiger charge is -2.34. The van der Waals surface area contributed by atoms with E-state index in [0.717, 1.165) is 23.9 Å². The van der Waals surface area contributed by atoms with Gasteiger partial charge in [-0.2, -0.15) is 13.2 Å². The zero-order valence-electron chi connectivity index (χ0n) is 18.5. The number of allylic oxidation sites excluding steroid dienone is 3. The number of anilines is 1. The largest absolute Gasteiger partial charge is 0.497 e. The van der Waals surface area contributed by atoms with E-state index >= 15 is 0 Å². The average Bonchev–Trinajstić information content (AvgIpc) is 2.79. The highest BCUT2D eigenvalue weighted by Crippen LogP contribution is 2.43. The van der Waals surface area contributed by atoms with E-state index in [0.29, 0.717) is 41.8 Å². The van der Waals surface area contributed by atoms with Crippen molar-refractivity contribution < 1.29 is 27.5 Å². The molecule has 0 fully saturated rings. The molecule has 5 nitrogen and oxygen atoms in total. The Bertz CT molecular complexity index is 1220. The highest BCUT2D eigenvalue weighted by Gasteiger charge is 2.39. The van der Waals surface area contributed by atoms with Crippen molar-refractivity contribution in [2.24, 2.45) is 0 Å². The smallest absolute Gasteiger partial charge is 0.416 e. The molecule has 178 valence electrons. The zero-order valence-corrected chi connectivity index (χ0v) is 19.2. The SMILES string of the molecule is COc1ccc([C@@H]2C(C(=O)Nc3cc(C(F)(F)F)ccc3Cl)=C(C)NC3=C2C(=O)CCC3)cc1. The van der Waals surface area contributed by atoms with Crippen LogP contribution in [0.4, 0.5) is 18.9 Å². The Hall–Kier alpha value is -3.26. The molecule has 4 rings (SSSR count). The number of hydrogen-bond acceptors (Lipinski definition) is 4. The highest BCUT2D eigenvalue weighted by atomic mass is 35.5. The van der Waals surface area contributed by atoms with Gasteiger partial charge in [0, 0.05) is 34.9 Å². The first-order valence-corrected chi connectivity index (χ1v) is 11.0. The van der Waals surface area contributed by atoms with Crippen LogP contribution in [0.2, 0.25) is 5.02 Å². The van der Waals surface area contributed by atoms with Crippen LogP contribution in [0.25, 0.3) is 0 Å². The summed E-state index contributed by atoms with van der Waals surface area (Å²) in [6, 6.07) is 9.76. The van der Waals surface area contributed by atoms with Gasteiger partial charge >= 0.3 is 6.18 Å². The normalized spacial score (nSPS) is 18.4. The fourth-order valence-corrected chi connectivity index (χ4v) is 4.57. The number of amides is 1. The molecule has 1 heterocycles. The Balaban J connectivity index is 1.77. The van der Waals surface area contributed by atoms with Crippen LogP contribution in [0.5, 0.6) is 5.75 Å². The van der Waals surface area contributed by atoms with E-state index < -0.39 is 23.6 Å². The fraction of sp³-hybridized carbons (Fsp3) is 0.280. The monoisotopic (exact) mass is 490 g/mol. The number of Topliss-reactive ketones (excluding diaryl/α,β-unsaturated/α-hetero) is 1. The lowest BCUT2D eigenvalue weighted by molar-refractivity contribution is -0.137. The minimum Gasteiger partial charge on any atom is -0.497 e. The van der Waals surface area contributed by atoms with Gasteiger partial charge in [-0.25, -0.2) is 0 Å². The van der Waals surface area contributed by atoms with E-state index in [2.05, 4.69) is 10.6 Å². The van der Waals surface area contributed by atoms with E-state index in [9.17, 15) is 22.8 Å². The number of benzene rings is 2. The molecule has 2 aliphatic rings. The summed E-state index contributed by atoms with van der Waals surface area (Å²) < 4.78 is 44.8. The van der Waals surface area contributed by atoms with Crippen LogP contribution in [-0.2, 0) is 15.8 Å². The standard InChI is InChI=1S/C25H22ClF3N2O3/c1-13-21(24(33)31-19-12-15(25(27,28)29)8-11-17(19)26)22(14-6-9-16(34-2)10-7-14)23-18(30-13)4-3-5-20(23)32/h6-12,22,30H,3-5H2,1-2H3,(H,31,33)/t22-/m1/s1. The van der Waals surface area contributed by atoms with Gasteiger partial charge in [-0.3, -0.25) is 9.59 Å². The van der Waals surface area contributed by atoms with Crippen molar-refractivity contribution in [2.45, 2.75) is 38.3 Å². The van der Waals surface area contributed by atoms with E-state index in [1.807, 2.05) is 0 Å². The van der Waals surface area contributed by atoms with Gasteiger partial charge in [0.2, 0.25) is 0 Å². The number of dihydropyridines is 1. The number of ketones is 1. The lowest BCUT2D eigenvalue weighted by Crippen LogP contribution is -2.35. The molecule has 34 heavy (non-hydrogen) atoms. The summed E-state index contributed by atoms with van der Waals surface area (Å²) in [5, 5.41) is 5.68. The topological polar surface area (TPSA) is 67.4 Å². The van der Waals surface area contributed by atoms with Gasteiger partial charge in [0.05, 0.1) is 23.4 Å². The highest BCUT2D eigenvalue weighted by molar-refractivity contribution is 6.34. The second-order valence-electron chi connectivity index (χ2n) is 8.19. The van der Waals surface area contributed by atoms with Crippen LogP contribution in [0.3, 0.4) is 0 Å². The summed E-state index contributed by atoms with van der Waals surface area (Å²) in [7, 11) is 1.53. The molecule has 1 atom stereocenters. The Morgan fingerprint density at radius 1 is 1.15 bits per heavy atom. The predicted octanol–water partition coefficient (Wildman–Crippen LogP) is 5.97. The van der Waals surface area contributed by atoms with Crippen molar-refractivity contribution in [2.75, 3.05) is 12.4 Å². The Kier molecular flexibility index (Phi) is 6.45. The maximum absolute atomic E-state index is 13.5. The molecule has 2 aromatic carbocycles. The number of halogens is 4. The van der Waals surface area contributed by atoms with Gasteiger partial charge < -0.3 is 15.4 Å². The van der Waals surface area contributed by atoms with Crippen LogP contribution >= 0.6 is 11.6 Å². The number of methoxy groups -OCH3 is 1. The second kappa shape index (κ2) is 9.18. The molecule has 0 unspecified atom stereocenters. The Labute approximate surface area is 199 Å². The number of alkyl halides is 3. The van der Waals surface area contributed by atoms with Crippen molar-refractivity contribution in [3.8, 4) is 5.75 Å². The van der Waals surface area contributed by atoms with Crippen molar-refractivity contribution in [1.29, 1.82) is 0 Å². The van der Waals surface area contributed by atoms with Crippen LogP contribution in [0.1, 0.15) is 43.2 Å². The lowest BCUT2D eigenvalue weighted by atomic mass is 9.75. The van der Waals surface area contributed by atoms with Crippen LogP contribution in [0, 0.1) is 0 Å². The molecule has 2 N–H and O–H groups in total. The molecule has 0 bridgehead atoms. The summed E-state index contributed by atoms with van der Waals surface area (Å²) in [6.45, 7) is 1.71. The van der Waals surface area contributed by atoms with Crippen molar-refractivity contribution in [3.63, 3.8) is 0 Å². The van der Waals surface area contributed by atoms with Crippen molar-refractivity contribution in [3.05, 3.63) is 81.2 Å². The molecule has 0 spiro atoms. The number of ether oxygens (including phenoxy) is 1. The number of carbonyl (C=O) groups excluding carboxylic acids is 2. The summed E-state index contributed by atoms with van der Waals surface area (Å²) in [5.74, 6) is -0.773. The van der Waals surface area contributed by atoms with E-state index in [4.69, 9.17) is 16.3 Å². The maximum atomic E-state index is 13.5. The quantitative estimate of drug-likeness (QED) is 0.553. The van der Waals surface area contributed by atoms with E-state index in [1.54, 1.807) is 31.2 Å². The van der Waals surface area contributed by atoms with Gasteiger partial charge in [0.25, 0.3) is 5.91 Å². The van der Waals surface area contributed by atoms with Crippen molar-refractivity contribution in [1.82, 2.24) is 5.32 Å². The maximum Gasteiger partial charge on any atom is 0.416 e. The fourth-order valence-electron chi connectivity index (χ4n) is 4.40. The first-order chi connectivity index (χ1) is 16.1. The Morgan fingerprint density at radius 3 is 2.50 bits per heavy atom. The third kappa shape index (κ3) is 4.55. The second-order valence-corrected chi connectivity index (χ2v) is 8.59. The van der Waals surface area contributed by atoms with Gasteiger partial charge in [-0.05, 0) is 55.7 Å². The molecular weight excluding hydrogens is 469 g/mol. The third-order valence-electron chi connectivity index (χ3n) is 6.01. The van der Waals surface area contributed by atoms with Crippen LogP contribution in [0.15, 0.2) is 65.0 Å². The number of carbonyl (C=O) groups is 2. The third-order valence-corrected chi connectivity index (χ3v) is 6.34. The first-order valence-electron chi connectivity index (χ1n) is 10.7. The minimum atomic E-state index is -4.59. The number of hydrogen-bond donors (Lipinski definition) is 2. The summed E-state index contributed by atoms with van der Waals surface area (Å²) in [5.41, 5.74) is 1.64. The van der Waals surface area contributed by atoms with Crippen molar-refractivity contribution >= 4 is 29.0 Å². The van der Waals surface area contributed by atoms with Gasteiger partial charge in [0.1, 0.15) is 5.75 Å². The van der Waals surface area contributed by atoms with Crippen LogP contribution < -0.4 is 15.4 Å². The minimum absolute atomic E-state index is 0.0296. The molecule has 9 heteroatoms. The predicted molar refractivity (Wildman–Crippen MR) is 123 cm³/mol. The zero-order chi connectivity index (χ0) is 24.6. The molecule has 0 aromatic heterocycles. The van der Waals surface area contributed by atoms with Crippen LogP contribution in [-0.4, -0.2) is 18.8 Å². The van der Waals surface area contributed by atoms with E-state index in [-0.39, 0.29) is 22.1 Å². The van der Waals surface area contributed by atoms with Gasteiger partial charge in [0.15, 0.2) is 5.78 Å². The number of nitrogens with one attached hydrogen (secondary N) is 2. The average molecular weight is 491 g/mol. The van der Waals surface area contributed by atoms with Gasteiger partial charge in [-0.15, -0.1) is 0 Å². The molecular formula is C25H22ClF3N2O3. The molecule has 1 aliphatic carbocycles. The van der Waals surface area contributed by atoms with Gasteiger partial charge in [-0.1, -0.05) is 23.7 Å². The molecule has 0 saturated carbocycles. The Morgan fingerprint density at radius 2 is 1.85 bits per heavy atom. The summed E-state index contributed by atoms with van der Waals surface area (Å²) >= 11 is 6.10. The molecule has 0 saturated heterocycles. The summed E-state index contributed by atoms with van der Waals surface area (Å²) in [6.07, 6.45) is -2.86. The molecule has 0 radical (unpaired) electrons.